The van der Waals surface area contributed by atoms with Crippen molar-refractivity contribution in [2.24, 2.45) is 17.4 Å². The Labute approximate surface area is 162 Å². The summed E-state index contributed by atoms with van der Waals surface area (Å²) in [5, 5.41) is 12.0. The molecule has 2 atom stereocenters. The molecule has 2 amide bonds. The average Bonchev–Trinajstić information content (AvgIpc) is 2.65. The molecule has 0 unspecified atom stereocenters. The number of carbonyl (C=O) groups is 3. The molecule has 0 saturated carbocycles. The minimum absolute atomic E-state index is 0.00801. The Balaban J connectivity index is 3.56. The van der Waals surface area contributed by atoms with Crippen molar-refractivity contribution >= 4 is 17.6 Å². The summed E-state index contributed by atoms with van der Waals surface area (Å²) in [6.45, 7) is 4.33. The maximum absolute atomic E-state index is 12.0. The van der Waals surface area contributed by atoms with Crippen molar-refractivity contribution < 1.29 is 14.4 Å². The van der Waals surface area contributed by atoms with Crippen LogP contribution in [0.4, 0.5) is 0 Å². The Morgan fingerprint density at radius 3 is 2.26 bits per heavy atom. The van der Waals surface area contributed by atoms with E-state index in [0.29, 0.717) is 26.2 Å². The molecular formula is C18H38N6O3. The first kappa shape index (κ1) is 25.4. The smallest absolute Gasteiger partial charge is 0.234 e. The molecule has 0 aliphatic heterocycles. The molecule has 9 heteroatoms. The fourth-order valence-corrected chi connectivity index (χ4v) is 2.57. The highest BCUT2D eigenvalue weighted by Gasteiger charge is 2.13. The van der Waals surface area contributed by atoms with Crippen molar-refractivity contribution in [3.05, 3.63) is 0 Å². The molecule has 0 spiro atoms. The van der Waals surface area contributed by atoms with E-state index in [1.165, 1.54) is 0 Å². The molecule has 0 aliphatic rings. The first-order valence-electron chi connectivity index (χ1n) is 9.79. The summed E-state index contributed by atoms with van der Waals surface area (Å²) >= 11 is 0. The van der Waals surface area contributed by atoms with E-state index in [4.69, 9.17) is 11.5 Å². The van der Waals surface area contributed by atoms with Gasteiger partial charge in [-0.3, -0.25) is 19.7 Å². The fourth-order valence-electron chi connectivity index (χ4n) is 2.57. The summed E-state index contributed by atoms with van der Waals surface area (Å²) in [6.07, 6.45) is 5.12. The maximum Gasteiger partial charge on any atom is 0.234 e. The van der Waals surface area contributed by atoms with Crippen LogP contribution in [0.25, 0.3) is 0 Å². The zero-order valence-corrected chi connectivity index (χ0v) is 16.8. The molecule has 0 saturated heterocycles. The second kappa shape index (κ2) is 16.6. The highest BCUT2D eigenvalue weighted by molar-refractivity contribution is 5.82. The summed E-state index contributed by atoms with van der Waals surface area (Å²) in [4.78, 5) is 34.1. The highest BCUT2D eigenvalue weighted by atomic mass is 16.2. The molecule has 158 valence electrons. The average molecular weight is 387 g/mol. The van der Waals surface area contributed by atoms with Crippen molar-refractivity contribution in [1.82, 2.24) is 21.3 Å². The number of amides is 2. The number of ketones is 1. The van der Waals surface area contributed by atoms with Gasteiger partial charge in [-0.1, -0.05) is 13.3 Å². The Morgan fingerprint density at radius 1 is 0.963 bits per heavy atom. The molecule has 0 fully saturated rings. The first-order chi connectivity index (χ1) is 12.9. The molecule has 0 bridgehead atoms. The highest BCUT2D eigenvalue weighted by Crippen LogP contribution is 2.08. The van der Waals surface area contributed by atoms with Crippen LogP contribution in [0.1, 0.15) is 45.4 Å². The van der Waals surface area contributed by atoms with Crippen LogP contribution < -0.4 is 32.7 Å². The molecule has 0 radical (unpaired) electrons. The molecule has 0 aromatic heterocycles. The van der Waals surface area contributed by atoms with Crippen LogP contribution in [0.3, 0.4) is 0 Å². The molecule has 27 heavy (non-hydrogen) atoms. The number of likely N-dealkylation sites (N-methyl/N-ethyl adjacent to an activating group) is 1. The summed E-state index contributed by atoms with van der Waals surface area (Å²) < 4.78 is 0. The first-order valence-corrected chi connectivity index (χ1v) is 9.79. The van der Waals surface area contributed by atoms with Crippen molar-refractivity contribution in [3.63, 3.8) is 0 Å². The number of primary amides is 1. The molecule has 0 heterocycles. The van der Waals surface area contributed by atoms with E-state index < -0.39 is 0 Å². The predicted octanol–water partition coefficient (Wildman–Crippen LogP) is -1.18. The van der Waals surface area contributed by atoms with E-state index in [1.807, 2.05) is 6.92 Å². The van der Waals surface area contributed by atoms with E-state index in [0.717, 1.165) is 38.6 Å². The zero-order valence-electron chi connectivity index (χ0n) is 16.8. The number of nitrogens with two attached hydrogens (primary N) is 2. The number of nitrogens with one attached hydrogen (secondary N) is 4. The van der Waals surface area contributed by atoms with E-state index in [1.54, 1.807) is 7.05 Å². The minimum Gasteiger partial charge on any atom is -0.368 e. The second-order valence-electron chi connectivity index (χ2n) is 6.77. The zero-order chi connectivity index (χ0) is 20.5. The summed E-state index contributed by atoms with van der Waals surface area (Å²) in [6, 6.07) is -0.301. The van der Waals surface area contributed by atoms with Gasteiger partial charge in [0, 0.05) is 19.1 Å². The van der Waals surface area contributed by atoms with E-state index in [9.17, 15) is 14.4 Å². The van der Waals surface area contributed by atoms with Crippen molar-refractivity contribution in [2.45, 2.75) is 51.5 Å². The van der Waals surface area contributed by atoms with Gasteiger partial charge in [-0.2, -0.15) is 0 Å². The van der Waals surface area contributed by atoms with Gasteiger partial charge in [-0.15, -0.1) is 0 Å². The van der Waals surface area contributed by atoms with Crippen molar-refractivity contribution in [2.75, 3.05) is 39.9 Å². The molecular weight excluding hydrogens is 348 g/mol. The summed E-state index contributed by atoms with van der Waals surface area (Å²) in [7, 11) is 1.72. The monoisotopic (exact) mass is 386 g/mol. The van der Waals surface area contributed by atoms with Crippen LogP contribution in [0.2, 0.25) is 0 Å². The summed E-state index contributed by atoms with van der Waals surface area (Å²) in [5.41, 5.74) is 10.5. The lowest BCUT2D eigenvalue weighted by Crippen LogP contribution is -2.39. The van der Waals surface area contributed by atoms with Gasteiger partial charge in [0.1, 0.15) is 0 Å². The maximum atomic E-state index is 12.0. The normalized spacial score (nSPS) is 13.1. The fraction of sp³-hybridized carbons (Fsp3) is 0.833. The quantitative estimate of drug-likeness (QED) is 0.128. The van der Waals surface area contributed by atoms with Gasteiger partial charge in [0.15, 0.2) is 5.78 Å². The van der Waals surface area contributed by atoms with E-state index >= 15 is 0 Å². The van der Waals surface area contributed by atoms with Crippen LogP contribution in [-0.4, -0.2) is 63.5 Å². The van der Waals surface area contributed by atoms with Crippen molar-refractivity contribution in [3.8, 4) is 0 Å². The van der Waals surface area contributed by atoms with Gasteiger partial charge in [-0.05, 0) is 45.7 Å². The lowest BCUT2D eigenvalue weighted by atomic mass is 10.0. The molecule has 9 nitrogen and oxygen atoms in total. The van der Waals surface area contributed by atoms with Crippen LogP contribution in [0.5, 0.6) is 0 Å². The Bertz CT molecular complexity index is 433. The predicted molar refractivity (Wildman–Crippen MR) is 107 cm³/mol. The van der Waals surface area contributed by atoms with Gasteiger partial charge in [0.05, 0.1) is 19.1 Å². The number of unbranched alkanes of at least 4 members (excludes halogenated alkanes) is 2. The number of hydrogen-bond acceptors (Lipinski definition) is 7. The van der Waals surface area contributed by atoms with Crippen LogP contribution in [-0.2, 0) is 14.4 Å². The number of hydrogen-bond donors (Lipinski definition) is 6. The lowest BCUT2D eigenvalue weighted by Gasteiger charge is -2.14. The Kier molecular flexibility index (Phi) is 15.7. The Morgan fingerprint density at radius 2 is 1.63 bits per heavy atom. The second-order valence-corrected chi connectivity index (χ2v) is 6.77. The van der Waals surface area contributed by atoms with Gasteiger partial charge in [0.25, 0.3) is 0 Å². The van der Waals surface area contributed by atoms with Gasteiger partial charge >= 0.3 is 0 Å². The molecule has 0 aromatic carbocycles. The Hall–Kier alpha value is -1.55. The summed E-state index contributed by atoms with van der Waals surface area (Å²) in [5.74, 6) is -0.290. The minimum atomic E-state index is -0.343. The van der Waals surface area contributed by atoms with Crippen LogP contribution in [0, 0.1) is 5.92 Å². The van der Waals surface area contributed by atoms with Gasteiger partial charge < -0.3 is 27.4 Å². The van der Waals surface area contributed by atoms with Gasteiger partial charge in [0.2, 0.25) is 11.8 Å². The SMILES string of the molecule is CN[C@@H](CCCCNC(=O)[C@@H](C)CCCCNCNCC(=O)CN)C(N)=O. The van der Waals surface area contributed by atoms with Gasteiger partial charge in [-0.25, -0.2) is 0 Å². The van der Waals surface area contributed by atoms with Crippen molar-refractivity contribution in [1.29, 1.82) is 0 Å². The lowest BCUT2D eigenvalue weighted by molar-refractivity contribution is -0.125. The number of Topliss-reactive ketones (excluding diaryl/α,β-unsaturated/α-hetero) is 1. The molecule has 0 aromatic rings. The third-order valence-corrected chi connectivity index (χ3v) is 4.40. The number of rotatable bonds is 18. The third kappa shape index (κ3) is 14.2. The standard InChI is InChI=1S/C18H38N6O3/c1-14(7-3-5-9-22-13-23-12-15(25)11-19)18(27)24-10-6-4-8-16(21-2)17(20)26/h14,16,21-23H,3-13,19H2,1-2H3,(H2,20,26)(H,24,27)/t14-,16-/m0/s1. The van der Waals surface area contributed by atoms with E-state index in [2.05, 4.69) is 21.3 Å². The third-order valence-electron chi connectivity index (χ3n) is 4.40. The molecule has 0 aliphatic carbocycles. The van der Waals surface area contributed by atoms with Crippen LogP contribution >= 0.6 is 0 Å². The van der Waals surface area contributed by atoms with Crippen LogP contribution in [0.15, 0.2) is 0 Å². The topological polar surface area (TPSA) is 151 Å². The van der Waals surface area contributed by atoms with E-state index in [-0.39, 0.29) is 36.1 Å². The molecule has 8 N–H and O–H groups in total. The number of carbonyl (C=O) groups excluding carboxylic acids is 3. The molecule has 0 rings (SSSR count). The largest absolute Gasteiger partial charge is 0.368 e.